The second kappa shape index (κ2) is 8.76. The Hall–Kier alpha value is -2.34. The zero-order valence-electron chi connectivity index (χ0n) is 11.9. The number of benzene rings is 1. The number of methoxy groups -OCH3 is 1. The Morgan fingerprint density at radius 3 is 2.81 bits per heavy atom. The van der Waals surface area contributed by atoms with Gasteiger partial charge in [-0.2, -0.15) is 0 Å². The number of rotatable bonds is 9. The number of nitrogens with one attached hydrogen (secondary N) is 1. The van der Waals surface area contributed by atoms with Gasteiger partial charge in [0, 0.05) is 13.0 Å². The zero-order valence-corrected chi connectivity index (χ0v) is 11.9. The summed E-state index contributed by atoms with van der Waals surface area (Å²) >= 11 is 0. The first-order valence-corrected chi connectivity index (χ1v) is 6.48. The summed E-state index contributed by atoms with van der Waals surface area (Å²) in [4.78, 5) is 22.9. The van der Waals surface area contributed by atoms with Crippen molar-refractivity contribution < 1.29 is 24.2 Å². The minimum atomic E-state index is -1.13. The highest BCUT2D eigenvalue weighted by molar-refractivity contribution is 6.00. The van der Waals surface area contributed by atoms with E-state index in [2.05, 4.69) is 11.9 Å². The zero-order chi connectivity index (χ0) is 15.7. The fraction of sp³-hybridized carbons (Fsp3) is 0.333. The Kier molecular flexibility index (Phi) is 6.97. The van der Waals surface area contributed by atoms with Gasteiger partial charge in [-0.15, -0.1) is 6.58 Å². The lowest BCUT2D eigenvalue weighted by Crippen LogP contribution is -2.15. The summed E-state index contributed by atoms with van der Waals surface area (Å²) in [5, 5.41) is 11.7. The Balaban J connectivity index is 2.59. The quantitative estimate of drug-likeness (QED) is 0.539. The Morgan fingerprint density at radius 2 is 2.19 bits per heavy atom. The Bertz CT molecular complexity index is 513. The molecular weight excluding hydrogens is 274 g/mol. The molecule has 0 fully saturated rings. The van der Waals surface area contributed by atoms with Gasteiger partial charge in [0.2, 0.25) is 5.91 Å². The lowest BCUT2D eigenvalue weighted by Gasteiger charge is -2.10. The lowest BCUT2D eigenvalue weighted by atomic mass is 10.1. The van der Waals surface area contributed by atoms with Crippen LogP contribution in [0.25, 0.3) is 0 Å². The van der Waals surface area contributed by atoms with E-state index < -0.39 is 5.97 Å². The van der Waals surface area contributed by atoms with Crippen molar-refractivity contribution >= 4 is 17.6 Å². The maximum Gasteiger partial charge on any atom is 0.337 e. The molecule has 1 rings (SSSR count). The molecule has 2 N–H and O–H groups in total. The highest BCUT2D eigenvalue weighted by atomic mass is 16.5. The third-order valence-corrected chi connectivity index (χ3v) is 2.66. The number of anilines is 1. The molecule has 6 nitrogen and oxygen atoms in total. The van der Waals surface area contributed by atoms with E-state index in [1.807, 2.05) is 0 Å². The fourth-order valence-electron chi connectivity index (χ4n) is 1.65. The molecule has 0 aliphatic carbocycles. The molecule has 1 amide bonds. The molecule has 1 aromatic carbocycles. The molecule has 0 aromatic heterocycles. The third-order valence-electron chi connectivity index (χ3n) is 2.66. The topological polar surface area (TPSA) is 84.9 Å². The third kappa shape index (κ3) is 5.66. The standard InChI is InChI=1S/C15H19NO5/c1-3-8-21-9-4-5-14(17)16-13-7-6-11(20-2)10-12(13)15(18)19/h3,6-7,10H,1,4-5,8-9H2,2H3,(H,16,17)(H,18,19). The van der Waals surface area contributed by atoms with Crippen LogP contribution >= 0.6 is 0 Å². The molecule has 21 heavy (non-hydrogen) atoms. The van der Waals surface area contributed by atoms with Gasteiger partial charge in [0.05, 0.1) is 25.0 Å². The van der Waals surface area contributed by atoms with E-state index in [0.717, 1.165) is 0 Å². The smallest absolute Gasteiger partial charge is 0.337 e. The number of carboxylic acids is 1. The molecule has 1 aromatic rings. The number of carbonyl (C=O) groups excluding carboxylic acids is 1. The van der Waals surface area contributed by atoms with E-state index in [9.17, 15) is 9.59 Å². The summed E-state index contributed by atoms with van der Waals surface area (Å²) < 4.78 is 10.1. The normalized spacial score (nSPS) is 9.95. The SMILES string of the molecule is C=CCOCCCC(=O)Nc1ccc(OC)cc1C(=O)O. The second-order valence-electron chi connectivity index (χ2n) is 4.23. The van der Waals surface area contributed by atoms with Crippen LogP contribution < -0.4 is 10.1 Å². The van der Waals surface area contributed by atoms with Crippen molar-refractivity contribution in [1.29, 1.82) is 0 Å². The molecule has 114 valence electrons. The summed E-state index contributed by atoms with van der Waals surface area (Å²) in [5.74, 6) is -0.966. The largest absolute Gasteiger partial charge is 0.497 e. The van der Waals surface area contributed by atoms with Gasteiger partial charge < -0.3 is 19.9 Å². The number of amides is 1. The van der Waals surface area contributed by atoms with Gasteiger partial charge in [-0.3, -0.25) is 4.79 Å². The average molecular weight is 293 g/mol. The van der Waals surface area contributed by atoms with Crippen molar-refractivity contribution in [3.63, 3.8) is 0 Å². The number of carboxylic acid groups (broad SMARTS) is 1. The molecule has 0 radical (unpaired) electrons. The van der Waals surface area contributed by atoms with Crippen molar-refractivity contribution in [2.24, 2.45) is 0 Å². The van der Waals surface area contributed by atoms with Crippen LogP contribution in [0.3, 0.4) is 0 Å². The second-order valence-corrected chi connectivity index (χ2v) is 4.23. The van der Waals surface area contributed by atoms with E-state index in [-0.39, 0.29) is 23.6 Å². The molecule has 0 atom stereocenters. The van der Waals surface area contributed by atoms with Crippen LogP contribution in [0.2, 0.25) is 0 Å². The molecule has 0 heterocycles. The van der Waals surface area contributed by atoms with Gasteiger partial charge in [-0.25, -0.2) is 4.79 Å². The number of ether oxygens (including phenoxy) is 2. The molecule has 0 saturated heterocycles. The van der Waals surface area contributed by atoms with Crippen LogP contribution in [0.4, 0.5) is 5.69 Å². The van der Waals surface area contributed by atoms with Crippen molar-refractivity contribution in [2.45, 2.75) is 12.8 Å². The lowest BCUT2D eigenvalue weighted by molar-refractivity contribution is -0.116. The summed E-state index contributed by atoms with van der Waals surface area (Å²) in [6, 6.07) is 4.47. The first-order valence-electron chi connectivity index (χ1n) is 6.48. The van der Waals surface area contributed by atoms with Gasteiger partial charge in [-0.05, 0) is 24.6 Å². The predicted octanol–water partition coefficient (Wildman–Crippen LogP) is 2.31. The van der Waals surface area contributed by atoms with Crippen molar-refractivity contribution in [3.8, 4) is 5.75 Å². The highest BCUT2D eigenvalue weighted by Gasteiger charge is 2.13. The molecule has 0 spiro atoms. The van der Waals surface area contributed by atoms with Gasteiger partial charge in [0.25, 0.3) is 0 Å². The maximum absolute atomic E-state index is 11.8. The Labute approximate surface area is 123 Å². The van der Waals surface area contributed by atoms with Crippen LogP contribution in [0, 0.1) is 0 Å². The molecule has 0 bridgehead atoms. The molecule has 6 heteroatoms. The van der Waals surface area contributed by atoms with Gasteiger partial charge in [-0.1, -0.05) is 6.08 Å². The molecule has 0 aliphatic heterocycles. The van der Waals surface area contributed by atoms with Crippen LogP contribution in [-0.2, 0) is 9.53 Å². The van der Waals surface area contributed by atoms with Crippen LogP contribution in [0.15, 0.2) is 30.9 Å². The number of aromatic carboxylic acids is 1. The van der Waals surface area contributed by atoms with Crippen molar-refractivity contribution in [3.05, 3.63) is 36.4 Å². The number of carbonyl (C=O) groups is 2. The predicted molar refractivity (Wildman–Crippen MR) is 78.8 cm³/mol. The Morgan fingerprint density at radius 1 is 1.43 bits per heavy atom. The van der Waals surface area contributed by atoms with Crippen LogP contribution in [-0.4, -0.2) is 37.3 Å². The minimum Gasteiger partial charge on any atom is -0.497 e. The van der Waals surface area contributed by atoms with Gasteiger partial charge in [0.15, 0.2) is 0 Å². The van der Waals surface area contributed by atoms with Crippen LogP contribution in [0.1, 0.15) is 23.2 Å². The maximum atomic E-state index is 11.8. The summed E-state index contributed by atoms with van der Waals surface area (Å²) in [6.07, 6.45) is 2.44. The monoisotopic (exact) mass is 293 g/mol. The average Bonchev–Trinajstić information content (AvgIpc) is 2.47. The molecular formula is C15H19NO5. The summed E-state index contributed by atoms with van der Waals surface area (Å²) in [5.41, 5.74) is 0.242. The molecule has 0 saturated carbocycles. The minimum absolute atomic E-state index is 0.00870. The van der Waals surface area contributed by atoms with E-state index in [1.54, 1.807) is 12.1 Å². The summed E-state index contributed by atoms with van der Waals surface area (Å²) in [7, 11) is 1.45. The van der Waals surface area contributed by atoms with Crippen molar-refractivity contribution in [2.75, 3.05) is 25.6 Å². The molecule has 0 unspecified atom stereocenters. The van der Waals surface area contributed by atoms with E-state index >= 15 is 0 Å². The number of hydrogen-bond acceptors (Lipinski definition) is 4. The van der Waals surface area contributed by atoms with E-state index in [0.29, 0.717) is 25.4 Å². The highest BCUT2D eigenvalue weighted by Crippen LogP contribution is 2.22. The molecule has 0 aliphatic rings. The number of hydrogen-bond donors (Lipinski definition) is 2. The first kappa shape index (κ1) is 16.7. The van der Waals surface area contributed by atoms with Gasteiger partial charge >= 0.3 is 5.97 Å². The van der Waals surface area contributed by atoms with E-state index in [1.165, 1.54) is 19.2 Å². The fourth-order valence-corrected chi connectivity index (χ4v) is 1.65. The van der Waals surface area contributed by atoms with Crippen molar-refractivity contribution in [1.82, 2.24) is 0 Å². The summed E-state index contributed by atoms with van der Waals surface area (Å²) in [6.45, 7) is 4.42. The first-order chi connectivity index (χ1) is 10.1. The van der Waals surface area contributed by atoms with Gasteiger partial charge in [0.1, 0.15) is 5.75 Å². The van der Waals surface area contributed by atoms with Crippen LogP contribution in [0.5, 0.6) is 5.75 Å². The van der Waals surface area contributed by atoms with E-state index in [4.69, 9.17) is 14.6 Å².